The maximum absolute atomic E-state index is 13.0. The first-order chi connectivity index (χ1) is 15.8. The molecule has 0 aromatic heterocycles. The molecular weight excluding hydrogens is 489 g/mol. The number of hydrogen-bond acceptors (Lipinski definition) is 5. The molecule has 3 aromatic carbocycles. The van der Waals surface area contributed by atoms with Crippen LogP contribution in [-0.2, 0) is 9.59 Å². The predicted molar refractivity (Wildman–Crippen MR) is 128 cm³/mol. The van der Waals surface area contributed by atoms with E-state index in [2.05, 4.69) is 10.6 Å². The molecule has 0 saturated carbocycles. The zero-order valence-corrected chi connectivity index (χ0v) is 18.9. The second-order valence-electron chi connectivity index (χ2n) is 6.91. The molecule has 4 rings (SSSR count). The van der Waals surface area contributed by atoms with Gasteiger partial charge < -0.3 is 15.7 Å². The number of imide groups is 1. The van der Waals surface area contributed by atoms with Crippen molar-refractivity contribution in [3.05, 3.63) is 93.1 Å². The molecule has 33 heavy (non-hydrogen) atoms. The molecule has 7 nitrogen and oxygen atoms in total. The van der Waals surface area contributed by atoms with Crippen LogP contribution in [0.5, 0.6) is 5.75 Å². The zero-order valence-electron chi connectivity index (χ0n) is 16.6. The molecular formula is C23H14Cl3N3O4. The summed E-state index contributed by atoms with van der Waals surface area (Å²) < 4.78 is 0. The summed E-state index contributed by atoms with van der Waals surface area (Å²) >= 11 is 18.2. The van der Waals surface area contributed by atoms with Crippen molar-refractivity contribution in [2.45, 2.75) is 0 Å². The Morgan fingerprint density at radius 3 is 2.36 bits per heavy atom. The third-order valence-electron chi connectivity index (χ3n) is 4.72. The van der Waals surface area contributed by atoms with Crippen LogP contribution in [0.15, 0.2) is 77.5 Å². The number of anilines is 3. The summed E-state index contributed by atoms with van der Waals surface area (Å²) in [5, 5.41) is 15.4. The zero-order chi connectivity index (χ0) is 23.7. The van der Waals surface area contributed by atoms with Gasteiger partial charge in [0.05, 0.1) is 16.4 Å². The average molecular weight is 503 g/mol. The highest BCUT2D eigenvalue weighted by Gasteiger charge is 2.39. The quantitative estimate of drug-likeness (QED) is 0.321. The Hall–Kier alpha value is -3.52. The largest absolute Gasteiger partial charge is 0.506 e. The van der Waals surface area contributed by atoms with Crippen molar-refractivity contribution in [2.24, 2.45) is 0 Å². The first-order valence-electron chi connectivity index (χ1n) is 9.46. The summed E-state index contributed by atoms with van der Waals surface area (Å²) in [4.78, 5) is 39.1. The number of amides is 3. The number of phenols is 1. The lowest BCUT2D eigenvalue weighted by Gasteiger charge is -2.16. The fourth-order valence-corrected chi connectivity index (χ4v) is 3.85. The van der Waals surface area contributed by atoms with Crippen LogP contribution in [0.4, 0.5) is 17.1 Å². The fraction of sp³-hybridized carbons (Fsp3) is 0. The van der Waals surface area contributed by atoms with Crippen molar-refractivity contribution in [2.75, 3.05) is 15.5 Å². The SMILES string of the molecule is O=C(Nc1ccccc1O)c1cccc(NC2=C(Cl)C(=O)N(c3ccc(Cl)cc3Cl)C2=O)c1. The van der Waals surface area contributed by atoms with Crippen molar-refractivity contribution >= 4 is 69.6 Å². The molecule has 0 bridgehead atoms. The van der Waals surface area contributed by atoms with Gasteiger partial charge in [-0.3, -0.25) is 14.4 Å². The monoisotopic (exact) mass is 501 g/mol. The molecule has 0 atom stereocenters. The number of aromatic hydroxyl groups is 1. The van der Waals surface area contributed by atoms with E-state index in [4.69, 9.17) is 34.8 Å². The van der Waals surface area contributed by atoms with Crippen molar-refractivity contribution in [3.63, 3.8) is 0 Å². The van der Waals surface area contributed by atoms with Gasteiger partial charge in [-0.25, -0.2) is 4.90 Å². The summed E-state index contributed by atoms with van der Waals surface area (Å²) in [5.74, 6) is -2.02. The van der Waals surface area contributed by atoms with E-state index in [0.29, 0.717) is 10.7 Å². The average Bonchev–Trinajstić information content (AvgIpc) is 2.99. The van der Waals surface area contributed by atoms with E-state index in [1.165, 1.54) is 30.3 Å². The number of carbonyl (C=O) groups excluding carboxylic acids is 3. The minimum atomic E-state index is -0.748. The summed E-state index contributed by atoms with van der Waals surface area (Å²) in [6, 6.07) is 16.9. The lowest BCUT2D eigenvalue weighted by molar-refractivity contribution is -0.120. The minimum Gasteiger partial charge on any atom is -0.506 e. The van der Waals surface area contributed by atoms with Crippen LogP contribution in [0, 0.1) is 0 Å². The Bertz CT molecular complexity index is 1340. The van der Waals surface area contributed by atoms with E-state index in [1.807, 2.05) is 0 Å². The van der Waals surface area contributed by atoms with Crippen LogP contribution in [0.3, 0.4) is 0 Å². The van der Waals surface area contributed by atoms with E-state index in [-0.39, 0.29) is 38.4 Å². The van der Waals surface area contributed by atoms with Crippen LogP contribution >= 0.6 is 34.8 Å². The molecule has 0 unspecified atom stereocenters. The van der Waals surface area contributed by atoms with Gasteiger partial charge in [-0.2, -0.15) is 0 Å². The minimum absolute atomic E-state index is 0.0758. The van der Waals surface area contributed by atoms with Gasteiger partial charge in [0.1, 0.15) is 16.5 Å². The van der Waals surface area contributed by atoms with E-state index < -0.39 is 17.7 Å². The van der Waals surface area contributed by atoms with E-state index >= 15 is 0 Å². The Kier molecular flexibility index (Phi) is 6.29. The molecule has 3 N–H and O–H groups in total. The second kappa shape index (κ2) is 9.15. The van der Waals surface area contributed by atoms with Gasteiger partial charge in [0.2, 0.25) is 0 Å². The lowest BCUT2D eigenvalue weighted by atomic mass is 10.1. The number of carbonyl (C=O) groups is 3. The smallest absolute Gasteiger partial charge is 0.283 e. The molecule has 0 saturated heterocycles. The molecule has 1 aliphatic rings. The molecule has 1 heterocycles. The number of hydrogen-bond donors (Lipinski definition) is 3. The Morgan fingerprint density at radius 2 is 1.64 bits per heavy atom. The van der Waals surface area contributed by atoms with Crippen molar-refractivity contribution in [1.82, 2.24) is 0 Å². The Labute approximate surface area is 203 Å². The third-order valence-corrected chi connectivity index (χ3v) is 5.61. The third kappa shape index (κ3) is 4.52. The van der Waals surface area contributed by atoms with E-state index in [1.54, 1.807) is 36.4 Å². The fourth-order valence-electron chi connectivity index (χ4n) is 3.15. The van der Waals surface area contributed by atoms with Crippen LogP contribution in [0.2, 0.25) is 10.0 Å². The van der Waals surface area contributed by atoms with Gasteiger partial charge in [-0.05, 0) is 48.5 Å². The molecule has 10 heteroatoms. The maximum Gasteiger partial charge on any atom is 0.283 e. The number of rotatable bonds is 5. The maximum atomic E-state index is 13.0. The highest BCUT2D eigenvalue weighted by Crippen LogP contribution is 2.35. The summed E-state index contributed by atoms with van der Waals surface area (Å²) in [5.41, 5.74) is 0.819. The van der Waals surface area contributed by atoms with Gasteiger partial charge in [0.15, 0.2) is 0 Å². The van der Waals surface area contributed by atoms with Crippen LogP contribution in [0.1, 0.15) is 10.4 Å². The number of nitrogens with one attached hydrogen (secondary N) is 2. The number of halogens is 3. The number of phenolic OH excluding ortho intramolecular Hbond substituents is 1. The van der Waals surface area contributed by atoms with Crippen molar-refractivity contribution in [1.29, 1.82) is 0 Å². The summed E-state index contributed by atoms with van der Waals surface area (Å²) in [6.45, 7) is 0. The highest BCUT2D eigenvalue weighted by molar-refractivity contribution is 6.54. The van der Waals surface area contributed by atoms with Crippen LogP contribution in [-0.4, -0.2) is 22.8 Å². The standard InChI is InChI=1S/C23H14Cl3N3O4/c24-13-8-9-17(15(25)11-13)29-22(32)19(26)20(23(29)33)27-14-5-3-4-12(10-14)21(31)28-16-6-1-2-7-18(16)30/h1-11,27,30H,(H,28,31). The molecule has 3 amide bonds. The first-order valence-corrected chi connectivity index (χ1v) is 10.6. The molecule has 1 aliphatic heterocycles. The van der Waals surface area contributed by atoms with Crippen molar-refractivity contribution < 1.29 is 19.5 Å². The van der Waals surface area contributed by atoms with E-state index in [9.17, 15) is 19.5 Å². The van der Waals surface area contributed by atoms with E-state index in [0.717, 1.165) is 4.90 Å². The number of nitrogens with zero attached hydrogens (tertiary/aromatic N) is 1. The highest BCUT2D eigenvalue weighted by atomic mass is 35.5. The molecule has 0 aliphatic carbocycles. The van der Waals surface area contributed by atoms with Gasteiger partial charge in [0, 0.05) is 16.3 Å². The lowest BCUT2D eigenvalue weighted by Crippen LogP contribution is -2.32. The molecule has 3 aromatic rings. The molecule has 0 fully saturated rings. The second-order valence-corrected chi connectivity index (χ2v) is 8.13. The Balaban J connectivity index is 1.56. The van der Waals surface area contributed by atoms with Gasteiger partial charge in [0.25, 0.3) is 17.7 Å². The number of para-hydroxylation sites is 2. The Morgan fingerprint density at radius 1 is 0.879 bits per heavy atom. The van der Waals surface area contributed by atoms with Gasteiger partial charge in [-0.1, -0.05) is 53.0 Å². The summed E-state index contributed by atoms with van der Waals surface area (Å²) in [6.07, 6.45) is 0. The van der Waals surface area contributed by atoms with Gasteiger partial charge in [-0.15, -0.1) is 0 Å². The first kappa shape index (κ1) is 22.7. The van der Waals surface area contributed by atoms with Crippen LogP contribution in [0.25, 0.3) is 0 Å². The van der Waals surface area contributed by atoms with Crippen molar-refractivity contribution in [3.8, 4) is 5.75 Å². The summed E-state index contributed by atoms with van der Waals surface area (Å²) in [7, 11) is 0. The predicted octanol–water partition coefficient (Wildman–Crippen LogP) is 5.39. The van der Waals surface area contributed by atoms with Gasteiger partial charge >= 0.3 is 0 Å². The molecule has 0 spiro atoms. The topological polar surface area (TPSA) is 98.7 Å². The molecule has 166 valence electrons. The van der Waals surface area contributed by atoms with Crippen LogP contribution < -0.4 is 15.5 Å². The number of benzene rings is 3. The molecule has 0 radical (unpaired) electrons. The normalized spacial score (nSPS) is 13.5.